The molecule has 1 atom stereocenters. The van der Waals surface area contributed by atoms with Crippen LogP contribution in [0.4, 0.5) is 0 Å². The first-order valence-electron chi connectivity index (χ1n) is 7.62. The third kappa shape index (κ3) is 3.01. The summed E-state index contributed by atoms with van der Waals surface area (Å²) in [5.74, 6) is 0.754. The van der Waals surface area contributed by atoms with Crippen LogP contribution in [0.1, 0.15) is 48.0 Å². The minimum absolute atomic E-state index is 0.157. The van der Waals surface area contributed by atoms with E-state index in [0.29, 0.717) is 12.0 Å². The Labute approximate surface area is 123 Å². The lowest BCUT2D eigenvalue weighted by molar-refractivity contribution is 0.0708. The second kappa shape index (κ2) is 6.18. The molecule has 2 heterocycles. The predicted octanol–water partition coefficient (Wildman–Crippen LogP) is 1.70. The average molecular weight is 294 g/mol. The molecule has 6 heteroatoms. The summed E-state index contributed by atoms with van der Waals surface area (Å²) in [5, 5.41) is 7.51. The fourth-order valence-electron chi connectivity index (χ4n) is 2.87. The first-order chi connectivity index (χ1) is 9.79. The van der Waals surface area contributed by atoms with Gasteiger partial charge < -0.3 is 10.2 Å². The van der Waals surface area contributed by atoms with Crippen LogP contribution < -0.4 is 5.32 Å². The highest BCUT2D eigenvalue weighted by Gasteiger charge is 2.36. The smallest absolute Gasteiger partial charge is 0.267 e. The molecule has 110 valence electrons. The van der Waals surface area contributed by atoms with E-state index in [0.717, 1.165) is 49.5 Å². The molecule has 1 aromatic heterocycles. The SMILES string of the molecule is CCc1nnsc1C(=O)N(CC1CCCNC1)C1CC1. The van der Waals surface area contributed by atoms with Gasteiger partial charge in [-0.05, 0) is 62.6 Å². The minimum atomic E-state index is 0.157. The van der Waals surface area contributed by atoms with E-state index in [1.165, 1.54) is 24.4 Å². The topological polar surface area (TPSA) is 58.1 Å². The van der Waals surface area contributed by atoms with Crippen LogP contribution in [0.5, 0.6) is 0 Å². The highest BCUT2D eigenvalue weighted by Crippen LogP contribution is 2.31. The molecule has 0 aromatic carbocycles. The lowest BCUT2D eigenvalue weighted by atomic mass is 9.99. The Bertz CT molecular complexity index is 465. The molecule has 1 aliphatic heterocycles. The summed E-state index contributed by atoms with van der Waals surface area (Å²) in [6.07, 6.45) is 5.53. The molecule has 20 heavy (non-hydrogen) atoms. The van der Waals surface area contributed by atoms with E-state index in [9.17, 15) is 4.79 Å². The van der Waals surface area contributed by atoms with Crippen molar-refractivity contribution in [3.05, 3.63) is 10.6 Å². The maximum absolute atomic E-state index is 12.8. The van der Waals surface area contributed by atoms with Crippen molar-refractivity contribution >= 4 is 17.4 Å². The van der Waals surface area contributed by atoms with Crippen LogP contribution in [0.2, 0.25) is 0 Å². The molecule has 1 aliphatic carbocycles. The standard InChI is InChI=1S/C14H22N4OS/c1-2-12-13(20-17-16-12)14(19)18(11-5-6-11)9-10-4-3-7-15-8-10/h10-11,15H,2-9H2,1H3. The maximum atomic E-state index is 12.8. The number of carbonyl (C=O) groups is 1. The third-order valence-corrected chi connectivity index (χ3v) is 4.94. The summed E-state index contributed by atoms with van der Waals surface area (Å²) >= 11 is 1.25. The summed E-state index contributed by atoms with van der Waals surface area (Å²) in [6.45, 7) is 5.07. The molecular formula is C14H22N4OS. The van der Waals surface area contributed by atoms with Crippen LogP contribution in [0.25, 0.3) is 0 Å². The maximum Gasteiger partial charge on any atom is 0.267 e. The van der Waals surface area contributed by atoms with E-state index in [2.05, 4.69) is 19.8 Å². The molecule has 1 saturated heterocycles. The van der Waals surface area contributed by atoms with Gasteiger partial charge in [0.25, 0.3) is 5.91 Å². The molecule has 1 unspecified atom stereocenters. The van der Waals surface area contributed by atoms with Crippen LogP contribution in [0.15, 0.2) is 0 Å². The molecule has 1 amide bonds. The molecule has 1 aromatic rings. The monoisotopic (exact) mass is 294 g/mol. The van der Waals surface area contributed by atoms with Crippen LogP contribution in [0.3, 0.4) is 0 Å². The van der Waals surface area contributed by atoms with Crippen LogP contribution in [0, 0.1) is 5.92 Å². The number of nitrogens with one attached hydrogen (secondary N) is 1. The Morgan fingerprint density at radius 2 is 2.30 bits per heavy atom. The largest absolute Gasteiger partial charge is 0.335 e. The molecular weight excluding hydrogens is 272 g/mol. The van der Waals surface area contributed by atoms with Gasteiger partial charge in [-0.25, -0.2) is 0 Å². The van der Waals surface area contributed by atoms with Gasteiger partial charge >= 0.3 is 0 Å². The van der Waals surface area contributed by atoms with Gasteiger partial charge in [-0.3, -0.25) is 4.79 Å². The average Bonchev–Trinajstić information content (AvgIpc) is 3.21. The number of aromatic nitrogens is 2. The van der Waals surface area contributed by atoms with Crippen molar-refractivity contribution in [2.24, 2.45) is 5.92 Å². The number of hydrogen-bond donors (Lipinski definition) is 1. The number of aryl methyl sites for hydroxylation is 1. The number of hydrogen-bond acceptors (Lipinski definition) is 5. The van der Waals surface area contributed by atoms with E-state index < -0.39 is 0 Å². The van der Waals surface area contributed by atoms with Crippen LogP contribution >= 0.6 is 11.5 Å². The predicted molar refractivity (Wildman–Crippen MR) is 78.9 cm³/mol. The van der Waals surface area contributed by atoms with Crippen molar-refractivity contribution in [2.75, 3.05) is 19.6 Å². The highest BCUT2D eigenvalue weighted by molar-refractivity contribution is 7.08. The lowest BCUT2D eigenvalue weighted by Gasteiger charge is -2.30. The number of nitrogens with zero attached hydrogens (tertiary/aromatic N) is 3. The summed E-state index contributed by atoms with van der Waals surface area (Å²) in [6, 6.07) is 0.455. The first-order valence-corrected chi connectivity index (χ1v) is 8.39. The van der Waals surface area contributed by atoms with Gasteiger partial charge in [0.15, 0.2) is 0 Å². The second-order valence-corrected chi connectivity index (χ2v) is 6.56. The zero-order chi connectivity index (χ0) is 13.9. The Morgan fingerprint density at radius 3 is 2.95 bits per heavy atom. The van der Waals surface area contributed by atoms with E-state index in [1.807, 2.05) is 6.92 Å². The Kier molecular flexibility index (Phi) is 4.31. The summed E-state index contributed by atoms with van der Waals surface area (Å²) in [5.41, 5.74) is 0.854. The summed E-state index contributed by atoms with van der Waals surface area (Å²) in [7, 11) is 0. The second-order valence-electron chi connectivity index (χ2n) is 5.80. The van der Waals surface area contributed by atoms with Gasteiger partial charge in [-0.2, -0.15) is 0 Å². The Balaban J connectivity index is 1.71. The van der Waals surface area contributed by atoms with Crippen molar-refractivity contribution < 1.29 is 4.79 Å². The molecule has 0 bridgehead atoms. The summed E-state index contributed by atoms with van der Waals surface area (Å²) in [4.78, 5) is 15.6. The van der Waals surface area contributed by atoms with Crippen LogP contribution in [-0.2, 0) is 6.42 Å². The fourth-order valence-corrected chi connectivity index (χ4v) is 3.58. The number of carbonyl (C=O) groups excluding carboxylic acids is 1. The quantitative estimate of drug-likeness (QED) is 0.898. The molecule has 5 nitrogen and oxygen atoms in total. The molecule has 3 rings (SSSR count). The van der Waals surface area contributed by atoms with Crippen molar-refractivity contribution in [3.8, 4) is 0 Å². The van der Waals surface area contributed by atoms with E-state index in [1.54, 1.807) is 0 Å². The highest BCUT2D eigenvalue weighted by atomic mass is 32.1. The third-order valence-electron chi connectivity index (χ3n) is 4.19. The molecule has 1 N–H and O–H groups in total. The first kappa shape index (κ1) is 13.9. The minimum Gasteiger partial charge on any atom is -0.335 e. The number of rotatable bonds is 5. The Morgan fingerprint density at radius 1 is 1.45 bits per heavy atom. The normalized spacial score (nSPS) is 22.8. The van der Waals surface area contributed by atoms with Crippen molar-refractivity contribution in [2.45, 2.75) is 45.1 Å². The molecule has 1 saturated carbocycles. The van der Waals surface area contributed by atoms with Gasteiger partial charge in [0.05, 0.1) is 5.69 Å². The number of amides is 1. The zero-order valence-electron chi connectivity index (χ0n) is 12.0. The van der Waals surface area contributed by atoms with Gasteiger partial charge in [-0.1, -0.05) is 11.4 Å². The fraction of sp³-hybridized carbons (Fsp3) is 0.786. The van der Waals surface area contributed by atoms with Crippen molar-refractivity contribution in [1.82, 2.24) is 19.8 Å². The lowest BCUT2D eigenvalue weighted by Crippen LogP contribution is -2.42. The van der Waals surface area contributed by atoms with Gasteiger partial charge in [0.1, 0.15) is 4.88 Å². The van der Waals surface area contributed by atoms with Gasteiger partial charge in [0.2, 0.25) is 0 Å². The van der Waals surface area contributed by atoms with Crippen molar-refractivity contribution in [1.29, 1.82) is 0 Å². The molecule has 2 fully saturated rings. The summed E-state index contributed by atoms with van der Waals surface area (Å²) < 4.78 is 3.95. The number of piperidine rings is 1. The van der Waals surface area contributed by atoms with Gasteiger partial charge in [-0.15, -0.1) is 5.10 Å². The van der Waals surface area contributed by atoms with E-state index >= 15 is 0 Å². The van der Waals surface area contributed by atoms with Crippen molar-refractivity contribution in [3.63, 3.8) is 0 Å². The van der Waals surface area contributed by atoms with Gasteiger partial charge in [0, 0.05) is 12.6 Å². The molecule has 0 radical (unpaired) electrons. The molecule has 2 aliphatic rings. The molecule has 0 spiro atoms. The Hall–Kier alpha value is -1.01. The zero-order valence-corrected chi connectivity index (χ0v) is 12.8. The van der Waals surface area contributed by atoms with Crippen LogP contribution in [-0.4, -0.2) is 46.1 Å². The van der Waals surface area contributed by atoms with E-state index in [-0.39, 0.29) is 5.91 Å². The van der Waals surface area contributed by atoms with E-state index in [4.69, 9.17) is 0 Å².